The van der Waals surface area contributed by atoms with Crippen LogP contribution in [0.4, 0.5) is 4.79 Å². The van der Waals surface area contributed by atoms with Crippen molar-refractivity contribution in [1.82, 2.24) is 5.32 Å². The predicted octanol–water partition coefficient (Wildman–Crippen LogP) is 5.46. The molecule has 2 N–H and O–H groups in total. The van der Waals surface area contributed by atoms with Crippen molar-refractivity contribution in [2.45, 2.75) is 39.2 Å². The van der Waals surface area contributed by atoms with Gasteiger partial charge in [-0.3, -0.25) is 4.79 Å². The number of amides is 1. The number of fused-ring (bicyclic) bond motifs is 3. The Balaban J connectivity index is 1.47. The quantitative estimate of drug-likeness (QED) is 0.531. The highest BCUT2D eigenvalue weighted by Crippen LogP contribution is 2.44. The van der Waals surface area contributed by atoms with Crippen molar-refractivity contribution in [3.05, 3.63) is 89.5 Å². The number of rotatable bonds is 6. The van der Waals surface area contributed by atoms with Crippen molar-refractivity contribution in [3.8, 4) is 16.9 Å². The number of benzene rings is 3. The maximum absolute atomic E-state index is 13.0. The van der Waals surface area contributed by atoms with Gasteiger partial charge in [0.1, 0.15) is 12.4 Å². The molecule has 0 bridgehead atoms. The van der Waals surface area contributed by atoms with Crippen LogP contribution >= 0.6 is 0 Å². The van der Waals surface area contributed by atoms with Gasteiger partial charge in [-0.1, -0.05) is 81.4 Å². The molecule has 5 nitrogen and oxygen atoms in total. The minimum absolute atomic E-state index is 0.0444. The van der Waals surface area contributed by atoms with Gasteiger partial charge in [-0.05, 0) is 46.4 Å². The summed E-state index contributed by atoms with van der Waals surface area (Å²) in [5.41, 5.74) is 4.81. The summed E-state index contributed by atoms with van der Waals surface area (Å²) in [6, 6.07) is 22.2. The monoisotopic (exact) mass is 443 g/mol. The van der Waals surface area contributed by atoms with E-state index < -0.39 is 17.6 Å². The van der Waals surface area contributed by atoms with Crippen LogP contribution in [-0.4, -0.2) is 29.6 Å². The summed E-state index contributed by atoms with van der Waals surface area (Å²) in [5.74, 6) is 0.0306. The minimum Gasteiger partial charge on any atom is -0.508 e. The topological polar surface area (TPSA) is 75.6 Å². The number of alkyl carbamates (subject to hydrolysis) is 1. The van der Waals surface area contributed by atoms with Crippen LogP contribution in [0, 0.1) is 5.41 Å². The zero-order valence-corrected chi connectivity index (χ0v) is 19.2. The van der Waals surface area contributed by atoms with Crippen molar-refractivity contribution < 1.29 is 19.4 Å². The highest BCUT2D eigenvalue weighted by atomic mass is 16.5. The summed E-state index contributed by atoms with van der Waals surface area (Å²) in [7, 11) is 0. The average molecular weight is 444 g/mol. The summed E-state index contributed by atoms with van der Waals surface area (Å²) in [6.07, 6.45) is -0.293. The second-order valence-corrected chi connectivity index (χ2v) is 9.51. The molecule has 5 heteroatoms. The second-order valence-electron chi connectivity index (χ2n) is 9.51. The van der Waals surface area contributed by atoms with Gasteiger partial charge in [0.25, 0.3) is 0 Å². The van der Waals surface area contributed by atoms with Crippen LogP contribution in [0.2, 0.25) is 0 Å². The maximum Gasteiger partial charge on any atom is 0.407 e. The van der Waals surface area contributed by atoms with Crippen LogP contribution in [-0.2, 0) is 16.0 Å². The lowest BCUT2D eigenvalue weighted by Crippen LogP contribution is -2.47. The largest absolute Gasteiger partial charge is 0.508 e. The molecule has 3 aromatic rings. The highest BCUT2D eigenvalue weighted by molar-refractivity contribution is 5.91. The summed E-state index contributed by atoms with van der Waals surface area (Å²) in [4.78, 5) is 25.8. The molecule has 0 heterocycles. The van der Waals surface area contributed by atoms with E-state index in [1.54, 1.807) is 24.3 Å². The van der Waals surface area contributed by atoms with Crippen LogP contribution in [0.3, 0.4) is 0 Å². The molecule has 0 unspecified atom stereocenters. The van der Waals surface area contributed by atoms with Crippen molar-refractivity contribution in [3.63, 3.8) is 0 Å². The molecule has 0 saturated carbocycles. The third-order valence-electron chi connectivity index (χ3n) is 6.07. The van der Waals surface area contributed by atoms with Crippen LogP contribution in [0.25, 0.3) is 11.1 Å². The van der Waals surface area contributed by atoms with Crippen molar-refractivity contribution in [1.29, 1.82) is 0 Å². The van der Waals surface area contributed by atoms with Gasteiger partial charge >= 0.3 is 6.09 Å². The fourth-order valence-corrected chi connectivity index (χ4v) is 4.38. The summed E-state index contributed by atoms with van der Waals surface area (Å²) >= 11 is 0. The molecule has 1 aliphatic carbocycles. The number of ketones is 1. The van der Waals surface area contributed by atoms with Crippen LogP contribution in [0.5, 0.6) is 5.75 Å². The molecule has 0 fully saturated rings. The summed E-state index contributed by atoms with van der Waals surface area (Å²) in [6.45, 7) is 5.69. The number of Topliss-reactive ketones (excluding diaryl/α,β-unsaturated/α-hetero) is 1. The fourth-order valence-electron chi connectivity index (χ4n) is 4.38. The zero-order valence-electron chi connectivity index (χ0n) is 19.2. The SMILES string of the molecule is CC(C)(C)C(=O)[C@H](Cc1ccc(O)cc1)NC(=O)OCC1c2ccccc2-c2ccccc21. The van der Waals surface area contributed by atoms with Gasteiger partial charge in [0.15, 0.2) is 5.78 Å². The van der Waals surface area contributed by atoms with Crippen LogP contribution in [0.1, 0.15) is 43.4 Å². The number of phenols is 1. The van der Waals surface area contributed by atoms with Crippen molar-refractivity contribution >= 4 is 11.9 Å². The Hall–Kier alpha value is -3.60. The molecule has 3 aromatic carbocycles. The standard InChI is InChI=1S/C28H29NO4/c1-28(2,3)26(31)25(16-18-12-14-19(30)15-13-18)29-27(32)33-17-24-22-10-6-4-8-20(22)21-9-5-7-11-23(21)24/h4-15,24-25,30H,16-17H2,1-3H3,(H,29,32)/t25-/m0/s1. The van der Waals surface area contributed by atoms with Gasteiger partial charge in [-0.15, -0.1) is 0 Å². The van der Waals surface area contributed by atoms with E-state index in [-0.39, 0.29) is 24.1 Å². The number of hydrogen-bond acceptors (Lipinski definition) is 4. The first-order chi connectivity index (χ1) is 15.7. The molecular formula is C28H29NO4. The zero-order chi connectivity index (χ0) is 23.6. The maximum atomic E-state index is 13.0. The molecule has 1 amide bonds. The molecule has 0 spiro atoms. The Labute approximate surface area is 194 Å². The molecule has 33 heavy (non-hydrogen) atoms. The Kier molecular flexibility index (Phi) is 6.23. The first-order valence-electron chi connectivity index (χ1n) is 11.2. The lowest BCUT2D eigenvalue weighted by Gasteiger charge is -2.25. The Morgan fingerprint density at radius 2 is 1.45 bits per heavy atom. The fraction of sp³-hybridized carbons (Fsp3) is 0.286. The lowest BCUT2D eigenvalue weighted by atomic mass is 9.84. The van der Waals surface area contributed by atoms with Gasteiger partial charge in [0.2, 0.25) is 0 Å². The molecule has 170 valence electrons. The Bertz CT molecular complexity index is 1120. The lowest BCUT2D eigenvalue weighted by molar-refractivity contribution is -0.128. The molecule has 0 aliphatic heterocycles. The summed E-state index contributed by atoms with van der Waals surface area (Å²) < 4.78 is 5.65. The average Bonchev–Trinajstić information content (AvgIpc) is 3.11. The Morgan fingerprint density at radius 1 is 0.909 bits per heavy atom. The normalized spacial score (nSPS) is 13.7. The van der Waals surface area contributed by atoms with Crippen molar-refractivity contribution in [2.24, 2.45) is 5.41 Å². The van der Waals surface area contributed by atoms with E-state index in [0.717, 1.165) is 27.8 Å². The van der Waals surface area contributed by atoms with Gasteiger partial charge in [0, 0.05) is 11.3 Å². The minimum atomic E-state index is -0.731. The Morgan fingerprint density at radius 3 is 2.00 bits per heavy atom. The number of ether oxygens (including phenoxy) is 1. The van der Waals surface area contributed by atoms with E-state index in [2.05, 4.69) is 29.6 Å². The van der Waals surface area contributed by atoms with E-state index in [4.69, 9.17) is 4.74 Å². The molecule has 1 aliphatic rings. The van der Waals surface area contributed by atoms with Gasteiger partial charge in [-0.2, -0.15) is 0 Å². The number of hydrogen-bond donors (Lipinski definition) is 2. The highest BCUT2D eigenvalue weighted by Gasteiger charge is 2.33. The number of carbonyl (C=O) groups excluding carboxylic acids is 2. The second kappa shape index (κ2) is 9.10. The molecule has 4 rings (SSSR count). The number of nitrogens with one attached hydrogen (secondary N) is 1. The number of carbonyl (C=O) groups is 2. The van der Waals surface area contributed by atoms with E-state index in [1.165, 1.54) is 0 Å². The summed E-state index contributed by atoms with van der Waals surface area (Å²) in [5, 5.41) is 12.3. The van der Waals surface area contributed by atoms with Crippen molar-refractivity contribution in [2.75, 3.05) is 6.61 Å². The molecule has 1 atom stereocenters. The van der Waals surface area contributed by atoms with E-state index >= 15 is 0 Å². The van der Waals surface area contributed by atoms with Gasteiger partial charge in [-0.25, -0.2) is 4.79 Å². The van der Waals surface area contributed by atoms with Gasteiger partial charge < -0.3 is 15.2 Å². The number of aromatic hydroxyl groups is 1. The van der Waals surface area contributed by atoms with Gasteiger partial charge in [0.05, 0.1) is 6.04 Å². The smallest absolute Gasteiger partial charge is 0.407 e. The van der Waals surface area contributed by atoms with E-state index in [1.807, 2.05) is 45.0 Å². The first-order valence-corrected chi connectivity index (χ1v) is 11.2. The molecule has 0 saturated heterocycles. The first kappa shape index (κ1) is 22.6. The molecule has 0 radical (unpaired) electrons. The molecular weight excluding hydrogens is 414 g/mol. The van der Waals surface area contributed by atoms with E-state index in [0.29, 0.717) is 6.42 Å². The predicted molar refractivity (Wildman–Crippen MR) is 128 cm³/mol. The van der Waals surface area contributed by atoms with Crippen LogP contribution in [0.15, 0.2) is 72.8 Å². The third kappa shape index (κ3) is 4.92. The molecule has 0 aromatic heterocycles. The van der Waals surface area contributed by atoms with Crippen LogP contribution < -0.4 is 5.32 Å². The van der Waals surface area contributed by atoms with E-state index in [9.17, 15) is 14.7 Å². The third-order valence-corrected chi connectivity index (χ3v) is 6.07. The number of phenolic OH excluding ortho intramolecular Hbond substituents is 1.